The average molecular weight is 365 g/mol. The Morgan fingerprint density at radius 3 is 2.58 bits per heavy atom. The number of nitrogens with zero attached hydrogens (tertiary/aromatic N) is 3. The van der Waals surface area contributed by atoms with Crippen molar-refractivity contribution in [3.05, 3.63) is 47.8 Å². The standard InChI is InChI=1S/C17H14F3N3O3/c18-17(19,20)13-5-6-21-16(22-13)23-7-11-12(8-23)15(25)26-14(11)9-1-3-10(24)4-2-9/h1-6,11-12,14,24H,7-8H2/t11?,12-,14?/m0/s1. The summed E-state index contributed by atoms with van der Waals surface area (Å²) in [5.41, 5.74) is -0.285. The number of halogens is 3. The van der Waals surface area contributed by atoms with E-state index in [1.165, 1.54) is 12.1 Å². The van der Waals surface area contributed by atoms with Crippen molar-refractivity contribution in [1.29, 1.82) is 0 Å². The molecule has 2 fully saturated rings. The number of carbonyl (C=O) groups is 1. The van der Waals surface area contributed by atoms with Crippen LogP contribution < -0.4 is 4.90 Å². The molecule has 26 heavy (non-hydrogen) atoms. The van der Waals surface area contributed by atoms with E-state index >= 15 is 0 Å². The van der Waals surface area contributed by atoms with E-state index in [9.17, 15) is 23.1 Å². The molecule has 1 aromatic carbocycles. The molecule has 3 heterocycles. The fraction of sp³-hybridized carbons (Fsp3) is 0.353. The minimum atomic E-state index is -4.55. The summed E-state index contributed by atoms with van der Waals surface area (Å²) in [4.78, 5) is 21.3. The summed E-state index contributed by atoms with van der Waals surface area (Å²) < 4.78 is 44.0. The molecule has 0 amide bonds. The van der Waals surface area contributed by atoms with E-state index in [4.69, 9.17) is 4.74 Å². The highest BCUT2D eigenvalue weighted by molar-refractivity contribution is 5.77. The summed E-state index contributed by atoms with van der Waals surface area (Å²) in [5.74, 6) is -1.01. The molecular weight excluding hydrogens is 351 g/mol. The molecular formula is C17H14F3N3O3. The molecule has 2 aromatic rings. The summed E-state index contributed by atoms with van der Waals surface area (Å²) >= 11 is 0. The number of cyclic esters (lactones) is 1. The molecule has 136 valence electrons. The van der Waals surface area contributed by atoms with Gasteiger partial charge in [0.2, 0.25) is 5.95 Å². The number of phenols is 1. The van der Waals surface area contributed by atoms with Crippen molar-refractivity contribution in [3.63, 3.8) is 0 Å². The van der Waals surface area contributed by atoms with Gasteiger partial charge >= 0.3 is 12.1 Å². The monoisotopic (exact) mass is 365 g/mol. The van der Waals surface area contributed by atoms with Crippen LogP contribution in [-0.4, -0.2) is 34.1 Å². The SMILES string of the molecule is O=C1OC(c2ccc(O)cc2)C2CN(c3nccc(C(F)(F)F)n3)C[C@H]12. The second kappa shape index (κ2) is 5.86. The number of aromatic nitrogens is 2. The van der Waals surface area contributed by atoms with Crippen LogP contribution in [0.25, 0.3) is 0 Å². The molecule has 6 nitrogen and oxygen atoms in total. The van der Waals surface area contributed by atoms with Gasteiger partial charge in [-0.15, -0.1) is 0 Å². The van der Waals surface area contributed by atoms with Gasteiger partial charge in [0.05, 0.1) is 5.92 Å². The van der Waals surface area contributed by atoms with Gasteiger partial charge in [-0.1, -0.05) is 12.1 Å². The predicted molar refractivity (Wildman–Crippen MR) is 83.2 cm³/mol. The highest BCUT2D eigenvalue weighted by Crippen LogP contribution is 2.44. The van der Waals surface area contributed by atoms with Crippen LogP contribution >= 0.6 is 0 Å². The Hall–Kier alpha value is -2.84. The summed E-state index contributed by atoms with van der Waals surface area (Å²) in [6.45, 7) is 0.517. The van der Waals surface area contributed by atoms with Crippen LogP contribution in [0.15, 0.2) is 36.5 Å². The molecule has 9 heteroatoms. The molecule has 1 aromatic heterocycles. The van der Waals surface area contributed by atoms with Crippen molar-refractivity contribution < 1.29 is 27.8 Å². The smallest absolute Gasteiger partial charge is 0.433 e. The van der Waals surface area contributed by atoms with Crippen LogP contribution in [-0.2, 0) is 15.7 Å². The molecule has 3 atom stereocenters. The molecule has 2 saturated heterocycles. The highest BCUT2D eigenvalue weighted by Gasteiger charge is 2.51. The number of anilines is 1. The Balaban J connectivity index is 1.59. The number of esters is 1. The van der Waals surface area contributed by atoms with Crippen LogP contribution in [0.3, 0.4) is 0 Å². The van der Waals surface area contributed by atoms with Gasteiger partial charge in [0.25, 0.3) is 0 Å². The summed E-state index contributed by atoms with van der Waals surface area (Å²) in [7, 11) is 0. The van der Waals surface area contributed by atoms with E-state index in [2.05, 4.69) is 9.97 Å². The molecule has 0 spiro atoms. The zero-order chi connectivity index (χ0) is 18.5. The quantitative estimate of drug-likeness (QED) is 0.825. The Morgan fingerprint density at radius 1 is 1.15 bits per heavy atom. The number of rotatable bonds is 2. The van der Waals surface area contributed by atoms with Gasteiger partial charge in [0, 0.05) is 25.2 Å². The summed E-state index contributed by atoms with van der Waals surface area (Å²) in [6, 6.07) is 7.14. The van der Waals surface area contributed by atoms with Crippen molar-refractivity contribution in [2.75, 3.05) is 18.0 Å². The molecule has 4 rings (SSSR count). The Bertz CT molecular complexity index is 841. The molecule has 1 N–H and O–H groups in total. The maximum Gasteiger partial charge on any atom is 0.433 e. The molecule has 2 aliphatic heterocycles. The third kappa shape index (κ3) is 2.83. The Morgan fingerprint density at radius 2 is 1.88 bits per heavy atom. The number of aromatic hydroxyl groups is 1. The van der Waals surface area contributed by atoms with Gasteiger partial charge in [-0.3, -0.25) is 4.79 Å². The molecule has 2 aliphatic rings. The van der Waals surface area contributed by atoms with Crippen LogP contribution in [0.5, 0.6) is 5.75 Å². The topological polar surface area (TPSA) is 75.6 Å². The van der Waals surface area contributed by atoms with Gasteiger partial charge in [0.1, 0.15) is 17.5 Å². The maximum absolute atomic E-state index is 12.9. The molecule has 0 bridgehead atoms. The number of hydrogen-bond acceptors (Lipinski definition) is 6. The number of alkyl halides is 3. The largest absolute Gasteiger partial charge is 0.508 e. The first-order valence-electron chi connectivity index (χ1n) is 7.97. The third-order valence-electron chi connectivity index (χ3n) is 4.74. The normalized spacial score (nSPS) is 25.3. The fourth-order valence-corrected chi connectivity index (χ4v) is 3.49. The summed E-state index contributed by atoms with van der Waals surface area (Å²) in [5, 5.41) is 9.40. The minimum absolute atomic E-state index is 0.0496. The zero-order valence-electron chi connectivity index (χ0n) is 13.3. The molecule has 0 aliphatic carbocycles. The van der Waals surface area contributed by atoms with Crippen LogP contribution in [0.2, 0.25) is 0 Å². The first kappa shape index (κ1) is 16.6. The second-order valence-corrected chi connectivity index (χ2v) is 6.36. The van der Waals surface area contributed by atoms with Crippen LogP contribution in [0, 0.1) is 11.8 Å². The van der Waals surface area contributed by atoms with Gasteiger partial charge in [-0.2, -0.15) is 13.2 Å². The zero-order valence-corrected chi connectivity index (χ0v) is 13.3. The summed E-state index contributed by atoms with van der Waals surface area (Å²) in [6.07, 6.45) is -4.00. The van der Waals surface area contributed by atoms with E-state index in [0.29, 0.717) is 6.54 Å². The number of hydrogen-bond donors (Lipinski definition) is 1. The van der Waals surface area contributed by atoms with Gasteiger partial charge in [0.15, 0.2) is 0 Å². The molecule has 0 radical (unpaired) electrons. The average Bonchev–Trinajstić information content (AvgIpc) is 3.16. The maximum atomic E-state index is 12.9. The minimum Gasteiger partial charge on any atom is -0.508 e. The predicted octanol–water partition coefficient (Wildman–Crippen LogP) is 2.55. The van der Waals surface area contributed by atoms with Gasteiger partial charge < -0.3 is 14.7 Å². The van der Waals surface area contributed by atoms with E-state index in [1.807, 2.05) is 0 Å². The molecule has 0 saturated carbocycles. The van der Waals surface area contributed by atoms with Crippen molar-refractivity contribution >= 4 is 11.9 Å². The van der Waals surface area contributed by atoms with E-state index < -0.39 is 23.9 Å². The first-order valence-corrected chi connectivity index (χ1v) is 7.97. The lowest BCUT2D eigenvalue weighted by atomic mass is 9.90. The van der Waals surface area contributed by atoms with Crippen molar-refractivity contribution in [3.8, 4) is 5.75 Å². The van der Waals surface area contributed by atoms with Crippen molar-refractivity contribution in [2.24, 2.45) is 11.8 Å². The van der Waals surface area contributed by atoms with Crippen molar-refractivity contribution in [1.82, 2.24) is 9.97 Å². The van der Waals surface area contributed by atoms with Crippen molar-refractivity contribution in [2.45, 2.75) is 12.3 Å². The Labute approximate surface area is 146 Å². The lowest BCUT2D eigenvalue weighted by Gasteiger charge is -2.21. The van der Waals surface area contributed by atoms with Crippen LogP contribution in [0.1, 0.15) is 17.4 Å². The van der Waals surface area contributed by atoms with E-state index in [1.54, 1.807) is 17.0 Å². The number of ether oxygens (including phenoxy) is 1. The van der Waals surface area contributed by atoms with Gasteiger partial charge in [-0.05, 0) is 23.8 Å². The number of fused-ring (bicyclic) bond motifs is 1. The highest BCUT2D eigenvalue weighted by atomic mass is 19.4. The third-order valence-corrected chi connectivity index (χ3v) is 4.74. The Kier molecular flexibility index (Phi) is 3.74. The molecule has 2 unspecified atom stereocenters. The fourth-order valence-electron chi connectivity index (χ4n) is 3.49. The van der Waals surface area contributed by atoms with E-state index in [0.717, 1.165) is 17.8 Å². The number of benzene rings is 1. The van der Waals surface area contributed by atoms with Crippen LogP contribution in [0.4, 0.5) is 19.1 Å². The lowest BCUT2D eigenvalue weighted by molar-refractivity contribution is -0.144. The lowest BCUT2D eigenvalue weighted by Crippen LogP contribution is -2.26. The second-order valence-electron chi connectivity index (χ2n) is 6.36. The number of carbonyl (C=O) groups excluding carboxylic acids is 1. The first-order chi connectivity index (χ1) is 12.3. The van der Waals surface area contributed by atoms with Gasteiger partial charge in [-0.25, -0.2) is 9.97 Å². The number of phenolic OH excluding ortho intramolecular Hbond substituents is 1. The van der Waals surface area contributed by atoms with E-state index in [-0.39, 0.29) is 30.1 Å².